The van der Waals surface area contributed by atoms with Crippen LogP contribution < -0.4 is 16.0 Å². The molecule has 3 N–H and O–H groups in total. The largest absolute Gasteiger partial charge is 0.474 e. The van der Waals surface area contributed by atoms with Gasteiger partial charge in [-0.2, -0.15) is 4.98 Å². The quantitative estimate of drug-likeness (QED) is 0.599. The van der Waals surface area contributed by atoms with Gasteiger partial charge in [0.2, 0.25) is 5.88 Å². The maximum absolute atomic E-state index is 5.84. The second-order valence-corrected chi connectivity index (χ2v) is 5.43. The van der Waals surface area contributed by atoms with Crippen LogP contribution in [0.5, 0.6) is 5.88 Å². The molecule has 100 valence electrons. The Balaban J connectivity index is 2.08. The zero-order chi connectivity index (χ0) is 13.1. The number of nitrogen functional groups attached to an aromatic ring is 1. The van der Waals surface area contributed by atoms with Gasteiger partial charge in [-0.25, -0.2) is 10.8 Å². The molecule has 1 fully saturated rings. The fourth-order valence-electron chi connectivity index (χ4n) is 2.02. The number of anilines is 1. The summed E-state index contributed by atoms with van der Waals surface area (Å²) in [6.45, 7) is 6.43. The predicted octanol–water partition coefficient (Wildman–Crippen LogP) is 2.45. The minimum Gasteiger partial charge on any atom is -0.474 e. The summed E-state index contributed by atoms with van der Waals surface area (Å²) < 4.78 is 5.84. The third-order valence-corrected chi connectivity index (χ3v) is 2.94. The van der Waals surface area contributed by atoms with E-state index in [4.69, 9.17) is 10.6 Å². The van der Waals surface area contributed by atoms with Crippen molar-refractivity contribution in [1.82, 2.24) is 9.97 Å². The van der Waals surface area contributed by atoms with E-state index in [2.05, 4.69) is 36.2 Å². The molecule has 5 heteroatoms. The van der Waals surface area contributed by atoms with Crippen molar-refractivity contribution in [3.05, 3.63) is 11.9 Å². The zero-order valence-electron chi connectivity index (χ0n) is 11.3. The average molecular weight is 250 g/mol. The molecule has 18 heavy (non-hydrogen) atoms. The van der Waals surface area contributed by atoms with Gasteiger partial charge in [-0.05, 0) is 32.1 Å². The van der Waals surface area contributed by atoms with Crippen molar-refractivity contribution in [1.29, 1.82) is 0 Å². The highest BCUT2D eigenvalue weighted by molar-refractivity contribution is 5.38. The van der Waals surface area contributed by atoms with E-state index < -0.39 is 0 Å². The van der Waals surface area contributed by atoms with Crippen molar-refractivity contribution in [3.63, 3.8) is 0 Å². The van der Waals surface area contributed by atoms with Crippen molar-refractivity contribution in [2.24, 2.45) is 11.8 Å². The molecule has 1 aromatic heterocycles. The molecule has 1 unspecified atom stereocenters. The number of nitrogens with two attached hydrogens (primary N) is 1. The number of hydrazine groups is 1. The summed E-state index contributed by atoms with van der Waals surface area (Å²) in [6.07, 6.45) is 3.48. The van der Waals surface area contributed by atoms with Crippen molar-refractivity contribution >= 4 is 5.82 Å². The Morgan fingerprint density at radius 2 is 2.11 bits per heavy atom. The SMILES string of the molecule is CC(C)CC(C)Oc1cc(NN)nc(C2CC2)n1. The molecular formula is C13H22N4O. The lowest BCUT2D eigenvalue weighted by Crippen LogP contribution is -2.17. The number of hydrogen-bond acceptors (Lipinski definition) is 5. The van der Waals surface area contributed by atoms with Crippen LogP contribution in [0.15, 0.2) is 6.07 Å². The molecule has 0 bridgehead atoms. The Labute approximate surface area is 108 Å². The number of nitrogens with zero attached hydrogens (tertiary/aromatic N) is 2. The van der Waals surface area contributed by atoms with Crippen molar-refractivity contribution in [2.75, 3.05) is 5.43 Å². The van der Waals surface area contributed by atoms with Crippen LogP contribution in [0.4, 0.5) is 5.82 Å². The molecule has 0 aromatic carbocycles. The molecule has 0 saturated heterocycles. The minimum atomic E-state index is 0.151. The third-order valence-electron chi connectivity index (χ3n) is 2.94. The first kappa shape index (κ1) is 13.1. The normalized spacial score (nSPS) is 16.7. The maximum atomic E-state index is 5.84. The smallest absolute Gasteiger partial charge is 0.219 e. The van der Waals surface area contributed by atoms with Crippen LogP contribution in [0.3, 0.4) is 0 Å². The monoisotopic (exact) mass is 250 g/mol. The average Bonchev–Trinajstić information content (AvgIpc) is 3.10. The van der Waals surface area contributed by atoms with Crippen LogP contribution in [0.25, 0.3) is 0 Å². The van der Waals surface area contributed by atoms with Gasteiger partial charge >= 0.3 is 0 Å². The van der Waals surface area contributed by atoms with Gasteiger partial charge in [0.05, 0.1) is 6.10 Å². The highest BCUT2D eigenvalue weighted by Gasteiger charge is 2.27. The Hall–Kier alpha value is -1.36. The van der Waals surface area contributed by atoms with E-state index in [1.54, 1.807) is 6.07 Å². The summed E-state index contributed by atoms with van der Waals surface area (Å²) in [7, 11) is 0. The Bertz CT molecular complexity index is 404. The fourth-order valence-corrected chi connectivity index (χ4v) is 2.02. The summed E-state index contributed by atoms with van der Waals surface area (Å²) in [5.74, 6) is 8.61. The van der Waals surface area contributed by atoms with Gasteiger partial charge in [0, 0.05) is 12.0 Å². The van der Waals surface area contributed by atoms with E-state index >= 15 is 0 Å². The molecule has 5 nitrogen and oxygen atoms in total. The van der Waals surface area contributed by atoms with Gasteiger partial charge in [0.1, 0.15) is 11.6 Å². The topological polar surface area (TPSA) is 73.1 Å². The highest BCUT2D eigenvalue weighted by atomic mass is 16.5. The lowest BCUT2D eigenvalue weighted by molar-refractivity contribution is 0.185. The van der Waals surface area contributed by atoms with Gasteiger partial charge in [-0.1, -0.05) is 13.8 Å². The molecule has 1 saturated carbocycles. The second-order valence-electron chi connectivity index (χ2n) is 5.43. The third kappa shape index (κ3) is 3.57. The van der Waals surface area contributed by atoms with Crippen LogP contribution in [0, 0.1) is 5.92 Å². The molecule has 2 rings (SSSR count). The fraction of sp³-hybridized carbons (Fsp3) is 0.692. The van der Waals surface area contributed by atoms with Crippen LogP contribution in [-0.2, 0) is 0 Å². The summed E-state index contributed by atoms with van der Waals surface area (Å²) in [6, 6.07) is 1.75. The van der Waals surface area contributed by atoms with E-state index in [1.807, 2.05) is 0 Å². The summed E-state index contributed by atoms with van der Waals surface area (Å²) >= 11 is 0. The summed E-state index contributed by atoms with van der Waals surface area (Å²) in [5, 5.41) is 0. The molecule has 0 aliphatic heterocycles. The van der Waals surface area contributed by atoms with Crippen molar-refractivity contribution in [3.8, 4) is 5.88 Å². The number of nitrogens with one attached hydrogen (secondary N) is 1. The lowest BCUT2D eigenvalue weighted by Gasteiger charge is -2.16. The summed E-state index contributed by atoms with van der Waals surface area (Å²) in [4.78, 5) is 8.82. The Kier molecular flexibility index (Phi) is 4.01. The van der Waals surface area contributed by atoms with Gasteiger partial charge < -0.3 is 10.2 Å². The van der Waals surface area contributed by atoms with Gasteiger partial charge in [0.25, 0.3) is 0 Å². The second kappa shape index (κ2) is 5.52. The van der Waals surface area contributed by atoms with Gasteiger partial charge in [0.15, 0.2) is 0 Å². The van der Waals surface area contributed by atoms with E-state index in [-0.39, 0.29) is 6.10 Å². The van der Waals surface area contributed by atoms with Gasteiger partial charge in [-0.3, -0.25) is 0 Å². The van der Waals surface area contributed by atoms with E-state index in [0.717, 1.165) is 25.1 Å². The highest BCUT2D eigenvalue weighted by Crippen LogP contribution is 2.39. The molecule has 1 heterocycles. The molecule has 0 radical (unpaired) electrons. The number of ether oxygens (including phenoxy) is 1. The molecule has 1 aliphatic carbocycles. The Morgan fingerprint density at radius 3 is 2.67 bits per heavy atom. The predicted molar refractivity (Wildman–Crippen MR) is 71.4 cm³/mol. The Morgan fingerprint density at radius 1 is 1.39 bits per heavy atom. The van der Waals surface area contributed by atoms with E-state index in [9.17, 15) is 0 Å². The van der Waals surface area contributed by atoms with E-state index in [0.29, 0.717) is 23.5 Å². The molecular weight excluding hydrogens is 228 g/mol. The van der Waals surface area contributed by atoms with Crippen LogP contribution >= 0.6 is 0 Å². The number of aromatic nitrogens is 2. The number of hydrogen-bond donors (Lipinski definition) is 2. The molecule has 1 aromatic rings. The number of rotatable bonds is 6. The first-order valence-electron chi connectivity index (χ1n) is 6.60. The van der Waals surface area contributed by atoms with Crippen LogP contribution in [0.1, 0.15) is 51.8 Å². The first-order chi connectivity index (χ1) is 8.58. The molecule has 1 atom stereocenters. The molecule has 1 aliphatic rings. The minimum absolute atomic E-state index is 0.151. The zero-order valence-corrected chi connectivity index (χ0v) is 11.3. The maximum Gasteiger partial charge on any atom is 0.219 e. The van der Waals surface area contributed by atoms with E-state index in [1.165, 1.54) is 0 Å². The molecule has 0 amide bonds. The van der Waals surface area contributed by atoms with Crippen molar-refractivity contribution < 1.29 is 4.74 Å². The van der Waals surface area contributed by atoms with Crippen LogP contribution in [0.2, 0.25) is 0 Å². The molecule has 0 spiro atoms. The van der Waals surface area contributed by atoms with Crippen LogP contribution in [-0.4, -0.2) is 16.1 Å². The summed E-state index contributed by atoms with van der Waals surface area (Å²) in [5.41, 5.74) is 2.57. The lowest BCUT2D eigenvalue weighted by atomic mass is 10.1. The van der Waals surface area contributed by atoms with Gasteiger partial charge in [-0.15, -0.1) is 0 Å². The van der Waals surface area contributed by atoms with Crippen molar-refractivity contribution in [2.45, 2.75) is 52.1 Å². The first-order valence-corrected chi connectivity index (χ1v) is 6.60. The standard InChI is InChI=1S/C13H22N4O/c1-8(2)6-9(3)18-12-7-11(17-14)15-13(16-12)10-4-5-10/h7-10H,4-6,14H2,1-3H3,(H,15,16,17).